The predicted octanol–water partition coefficient (Wildman–Crippen LogP) is 1.46. The van der Waals surface area contributed by atoms with E-state index in [0.29, 0.717) is 6.54 Å². The van der Waals surface area contributed by atoms with Gasteiger partial charge in [-0.25, -0.2) is 9.59 Å². The van der Waals surface area contributed by atoms with Crippen LogP contribution in [0, 0.1) is 0 Å². The van der Waals surface area contributed by atoms with Gasteiger partial charge in [-0.05, 0) is 27.7 Å². The highest BCUT2D eigenvalue weighted by Gasteiger charge is 2.34. The predicted molar refractivity (Wildman–Crippen MR) is 62.3 cm³/mol. The molecule has 0 atom stereocenters. The van der Waals surface area contributed by atoms with E-state index >= 15 is 0 Å². The highest BCUT2D eigenvalue weighted by molar-refractivity contribution is 5.85. The molecule has 0 aromatic rings. The molecule has 0 heterocycles. The lowest BCUT2D eigenvalue weighted by atomic mass is 10.1. The van der Waals surface area contributed by atoms with Crippen molar-refractivity contribution in [2.75, 3.05) is 13.6 Å². The maximum Gasteiger partial charge on any atom is 0.329 e. The highest BCUT2D eigenvalue weighted by atomic mass is 16.4. The first-order chi connectivity index (χ1) is 7.19. The SMILES string of the molecule is CC(C)=CCNC(=O)N(C)C(C)(C)C(=O)O. The van der Waals surface area contributed by atoms with Gasteiger partial charge in [0.15, 0.2) is 0 Å². The van der Waals surface area contributed by atoms with Crippen LogP contribution in [0.2, 0.25) is 0 Å². The van der Waals surface area contributed by atoms with Crippen LogP contribution in [0.5, 0.6) is 0 Å². The van der Waals surface area contributed by atoms with E-state index in [0.717, 1.165) is 5.57 Å². The molecule has 16 heavy (non-hydrogen) atoms. The number of hydrogen-bond donors (Lipinski definition) is 2. The number of nitrogens with zero attached hydrogens (tertiary/aromatic N) is 1. The minimum Gasteiger partial charge on any atom is -0.480 e. The third kappa shape index (κ3) is 3.92. The Morgan fingerprint density at radius 1 is 1.38 bits per heavy atom. The summed E-state index contributed by atoms with van der Waals surface area (Å²) in [6.45, 7) is 7.22. The molecule has 0 aliphatic rings. The van der Waals surface area contributed by atoms with Crippen molar-refractivity contribution >= 4 is 12.0 Å². The smallest absolute Gasteiger partial charge is 0.329 e. The van der Waals surface area contributed by atoms with Crippen LogP contribution in [-0.2, 0) is 4.79 Å². The zero-order valence-corrected chi connectivity index (χ0v) is 10.5. The quantitative estimate of drug-likeness (QED) is 0.716. The first-order valence-electron chi connectivity index (χ1n) is 5.08. The molecule has 0 spiro atoms. The molecular formula is C11H20N2O3. The molecule has 0 aromatic carbocycles. The number of amides is 2. The van der Waals surface area contributed by atoms with Crippen LogP contribution in [0.15, 0.2) is 11.6 Å². The van der Waals surface area contributed by atoms with Gasteiger partial charge in [0, 0.05) is 13.6 Å². The number of carbonyl (C=O) groups excluding carboxylic acids is 1. The Morgan fingerprint density at radius 3 is 2.25 bits per heavy atom. The number of urea groups is 1. The van der Waals surface area contributed by atoms with Crippen LogP contribution in [0.25, 0.3) is 0 Å². The molecule has 0 unspecified atom stereocenters. The minimum atomic E-state index is -1.21. The van der Waals surface area contributed by atoms with Crippen molar-refractivity contribution in [1.82, 2.24) is 10.2 Å². The fraction of sp³-hybridized carbons (Fsp3) is 0.636. The van der Waals surface area contributed by atoms with Gasteiger partial charge in [-0.3, -0.25) is 0 Å². The normalized spacial score (nSPS) is 10.6. The van der Waals surface area contributed by atoms with Crippen LogP contribution in [-0.4, -0.2) is 41.1 Å². The Bertz CT molecular complexity index is 304. The van der Waals surface area contributed by atoms with Crippen LogP contribution >= 0.6 is 0 Å². The summed E-state index contributed by atoms with van der Waals surface area (Å²) in [5.41, 5.74) is -0.116. The number of nitrogens with one attached hydrogen (secondary N) is 1. The number of carboxylic acid groups (broad SMARTS) is 1. The Balaban J connectivity index is 4.40. The molecule has 0 aromatic heterocycles. The fourth-order valence-corrected chi connectivity index (χ4v) is 0.858. The van der Waals surface area contributed by atoms with Gasteiger partial charge in [-0.1, -0.05) is 11.6 Å². The lowest BCUT2D eigenvalue weighted by Gasteiger charge is -2.31. The molecule has 5 heteroatoms. The number of allylic oxidation sites excluding steroid dienone is 1. The molecule has 0 rings (SSSR count). The lowest BCUT2D eigenvalue weighted by Crippen LogP contribution is -2.54. The highest BCUT2D eigenvalue weighted by Crippen LogP contribution is 2.12. The molecule has 92 valence electrons. The number of rotatable bonds is 4. The Hall–Kier alpha value is -1.52. The van der Waals surface area contributed by atoms with E-state index in [1.54, 1.807) is 0 Å². The maximum absolute atomic E-state index is 11.6. The van der Waals surface area contributed by atoms with Crippen molar-refractivity contribution in [3.8, 4) is 0 Å². The van der Waals surface area contributed by atoms with Crippen LogP contribution in [0.3, 0.4) is 0 Å². The number of aliphatic carboxylic acids is 1. The standard InChI is InChI=1S/C11H20N2O3/c1-8(2)6-7-12-10(16)13(5)11(3,4)9(14)15/h6H,7H2,1-5H3,(H,12,16)(H,14,15). The topological polar surface area (TPSA) is 69.6 Å². The largest absolute Gasteiger partial charge is 0.480 e. The average Bonchev–Trinajstić information content (AvgIpc) is 2.15. The molecule has 0 saturated heterocycles. The molecule has 0 bridgehead atoms. The summed E-state index contributed by atoms with van der Waals surface area (Å²) in [6, 6.07) is -0.398. The summed E-state index contributed by atoms with van der Waals surface area (Å²) in [7, 11) is 1.46. The van der Waals surface area contributed by atoms with Crippen molar-refractivity contribution in [1.29, 1.82) is 0 Å². The van der Waals surface area contributed by atoms with Crippen molar-refractivity contribution in [2.24, 2.45) is 0 Å². The second-order valence-corrected chi connectivity index (χ2v) is 4.39. The maximum atomic E-state index is 11.6. The second kappa shape index (κ2) is 5.53. The van der Waals surface area contributed by atoms with Gasteiger partial charge in [0.25, 0.3) is 0 Å². The summed E-state index contributed by atoms with van der Waals surface area (Å²) in [6.07, 6.45) is 1.86. The van der Waals surface area contributed by atoms with E-state index in [4.69, 9.17) is 5.11 Å². The summed E-state index contributed by atoms with van der Waals surface area (Å²) in [5.74, 6) is -1.03. The van der Waals surface area contributed by atoms with Crippen molar-refractivity contribution in [3.63, 3.8) is 0 Å². The monoisotopic (exact) mass is 228 g/mol. The molecule has 0 aliphatic carbocycles. The van der Waals surface area contributed by atoms with Crippen molar-refractivity contribution in [3.05, 3.63) is 11.6 Å². The molecule has 2 amide bonds. The van der Waals surface area contributed by atoms with Gasteiger partial charge in [0.2, 0.25) is 0 Å². The number of carbonyl (C=O) groups is 2. The fourth-order valence-electron chi connectivity index (χ4n) is 0.858. The van der Waals surface area contributed by atoms with Crippen LogP contribution in [0.4, 0.5) is 4.79 Å². The van der Waals surface area contributed by atoms with Crippen molar-refractivity contribution < 1.29 is 14.7 Å². The Kier molecular flexibility index (Phi) is 5.01. The lowest BCUT2D eigenvalue weighted by molar-refractivity contribution is -0.146. The zero-order valence-electron chi connectivity index (χ0n) is 10.5. The molecule has 5 nitrogen and oxygen atoms in total. The van der Waals surface area contributed by atoms with E-state index < -0.39 is 17.5 Å². The summed E-state index contributed by atoms with van der Waals surface area (Å²) >= 11 is 0. The van der Waals surface area contributed by atoms with Crippen LogP contribution in [0.1, 0.15) is 27.7 Å². The van der Waals surface area contributed by atoms with Gasteiger partial charge in [-0.2, -0.15) is 0 Å². The summed E-state index contributed by atoms with van der Waals surface area (Å²) in [4.78, 5) is 23.7. The van der Waals surface area contributed by atoms with Gasteiger partial charge in [0.1, 0.15) is 5.54 Å². The molecule has 0 aliphatic heterocycles. The molecule has 0 radical (unpaired) electrons. The van der Waals surface area contributed by atoms with Gasteiger partial charge in [0.05, 0.1) is 0 Å². The van der Waals surface area contributed by atoms with E-state index in [9.17, 15) is 9.59 Å². The first kappa shape index (κ1) is 14.5. The second-order valence-electron chi connectivity index (χ2n) is 4.39. The van der Waals surface area contributed by atoms with E-state index in [-0.39, 0.29) is 0 Å². The van der Waals surface area contributed by atoms with Gasteiger partial charge < -0.3 is 15.3 Å². The summed E-state index contributed by atoms with van der Waals surface area (Å²) < 4.78 is 0. The number of likely N-dealkylation sites (N-methyl/N-ethyl adjacent to an activating group) is 1. The third-order valence-corrected chi connectivity index (χ3v) is 2.43. The molecule has 2 N–H and O–H groups in total. The Labute approximate surface area is 96.1 Å². The average molecular weight is 228 g/mol. The van der Waals surface area contributed by atoms with Crippen LogP contribution < -0.4 is 5.32 Å². The van der Waals surface area contributed by atoms with Gasteiger partial charge in [-0.15, -0.1) is 0 Å². The zero-order chi connectivity index (χ0) is 12.9. The van der Waals surface area contributed by atoms with Gasteiger partial charge >= 0.3 is 12.0 Å². The summed E-state index contributed by atoms with van der Waals surface area (Å²) in [5, 5.41) is 11.6. The first-order valence-corrected chi connectivity index (χ1v) is 5.08. The molecule has 0 fully saturated rings. The number of hydrogen-bond acceptors (Lipinski definition) is 2. The minimum absolute atomic E-state index is 0.398. The Morgan fingerprint density at radius 2 is 1.88 bits per heavy atom. The molecule has 0 saturated carbocycles. The number of carboxylic acids is 1. The van der Waals surface area contributed by atoms with E-state index in [2.05, 4.69) is 5.32 Å². The van der Waals surface area contributed by atoms with Crippen molar-refractivity contribution in [2.45, 2.75) is 33.2 Å². The van der Waals surface area contributed by atoms with E-state index in [1.807, 2.05) is 19.9 Å². The third-order valence-electron chi connectivity index (χ3n) is 2.43. The van der Waals surface area contributed by atoms with E-state index in [1.165, 1.54) is 25.8 Å². The molecular weight excluding hydrogens is 208 g/mol.